The van der Waals surface area contributed by atoms with Gasteiger partial charge in [0, 0.05) is 45.6 Å². The Morgan fingerprint density at radius 1 is 1.21 bits per heavy atom. The summed E-state index contributed by atoms with van der Waals surface area (Å²) < 4.78 is 12.7. The highest BCUT2D eigenvalue weighted by molar-refractivity contribution is 6.36. The molecule has 4 heterocycles. The van der Waals surface area contributed by atoms with Gasteiger partial charge < -0.3 is 14.4 Å². The first-order valence-corrected chi connectivity index (χ1v) is 12.0. The summed E-state index contributed by atoms with van der Waals surface area (Å²) in [5, 5.41) is 4.57. The molecule has 0 bridgehead atoms. The van der Waals surface area contributed by atoms with Crippen molar-refractivity contribution in [1.82, 2.24) is 14.7 Å². The molecule has 33 heavy (non-hydrogen) atoms. The maximum absolute atomic E-state index is 13.5. The number of aliphatic imine (C=N–C) groups is 1. The number of likely N-dealkylation sites (tertiary alicyclic amines) is 1. The predicted molar refractivity (Wildman–Crippen MR) is 124 cm³/mol. The molecular formula is C25H32N4O4. The summed E-state index contributed by atoms with van der Waals surface area (Å²) in [6, 6.07) is 0.183. The third kappa shape index (κ3) is 4.22. The number of nitrogens with zero attached hydrogens (tertiary/aromatic N) is 4. The number of fused-ring (bicyclic) bond motifs is 3. The minimum absolute atomic E-state index is 0.135. The van der Waals surface area contributed by atoms with Gasteiger partial charge in [-0.1, -0.05) is 11.6 Å². The Labute approximate surface area is 194 Å². The summed E-state index contributed by atoms with van der Waals surface area (Å²) in [5.74, 6) is 0.155. The van der Waals surface area contributed by atoms with E-state index < -0.39 is 0 Å². The molecule has 8 nitrogen and oxygen atoms in total. The summed E-state index contributed by atoms with van der Waals surface area (Å²) in [5.41, 5.74) is 3.75. The van der Waals surface area contributed by atoms with Crippen LogP contribution in [-0.2, 0) is 14.3 Å². The monoisotopic (exact) mass is 452 g/mol. The van der Waals surface area contributed by atoms with Gasteiger partial charge in [-0.2, -0.15) is 5.10 Å². The van der Waals surface area contributed by atoms with E-state index in [9.17, 15) is 9.59 Å². The zero-order valence-electron chi connectivity index (χ0n) is 19.5. The molecule has 0 saturated carbocycles. The van der Waals surface area contributed by atoms with Gasteiger partial charge >= 0.3 is 0 Å². The molecule has 0 spiro atoms. The van der Waals surface area contributed by atoms with Crippen LogP contribution in [0, 0.1) is 11.8 Å². The average molecular weight is 453 g/mol. The fourth-order valence-corrected chi connectivity index (χ4v) is 5.41. The molecule has 5 rings (SSSR count). The highest BCUT2D eigenvalue weighted by atomic mass is 16.5. The molecule has 2 fully saturated rings. The minimum Gasteiger partial charge on any atom is -0.385 e. The number of amides is 2. The Bertz CT molecular complexity index is 1020. The smallest absolute Gasteiger partial charge is 0.281 e. The van der Waals surface area contributed by atoms with Crippen molar-refractivity contribution in [2.24, 2.45) is 16.8 Å². The Hall–Kier alpha value is -2.58. The molecule has 1 atom stereocenters. The van der Waals surface area contributed by atoms with E-state index in [0.717, 1.165) is 68.6 Å². The van der Waals surface area contributed by atoms with E-state index in [-0.39, 0.29) is 23.8 Å². The van der Waals surface area contributed by atoms with Crippen LogP contribution >= 0.6 is 0 Å². The third-order valence-corrected chi connectivity index (χ3v) is 7.43. The number of hydrogen-bond donors (Lipinski definition) is 0. The minimum atomic E-state index is -0.339. The lowest BCUT2D eigenvalue weighted by atomic mass is 9.84. The van der Waals surface area contributed by atoms with Gasteiger partial charge in [-0.05, 0) is 51.0 Å². The number of rotatable bonds is 5. The molecule has 8 heteroatoms. The van der Waals surface area contributed by atoms with E-state index in [1.54, 1.807) is 13.3 Å². The molecular weight excluding hydrogens is 420 g/mol. The second kappa shape index (κ2) is 9.35. The van der Waals surface area contributed by atoms with Crippen LogP contribution in [0.1, 0.15) is 61.1 Å². The highest BCUT2D eigenvalue weighted by Crippen LogP contribution is 2.37. The van der Waals surface area contributed by atoms with Crippen molar-refractivity contribution in [2.45, 2.75) is 45.1 Å². The van der Waals surface area contributed by atoms with E-state index in [1.165, 1.54) is 0 Å². The van der Waals surface area contributed by atoms with E-state index in [1.807, 2.05) is 28.7 Å². The van der Waals surface area contributed by atoms with E-state index in [0.29, 0.717) is 30.4 Å². The summed E-state index contributed by atoms with van der Waals surface area (Å²) in [4.78, 5) is 32.5. The highest BCUT2D eigenvalue weighted by Gasteiger charge is 2.36. The fraction of sp³-hybridized carbons (Fsp3) is 0.600. The van der Waals surface area contributed by atoms with Crippen molar-refractivity contribution in [3.8, 4) is 0 Å². The number of carbonyl (C=O) groups excluding carboxylic acids is 2. The zero-order chi connectivity index (χ0) is 22.9. The van der Waals surface area contributed by atoms with E-state index in [2.05, 4.69) is 10.1 Å². The molecule has 1 unspecified atom stereocenters. The van der Waals surface area contributed by atoms with Crippen LogP contribution in [0.5, 0.6) is 0 Å². The molecule has 4 aliphatic rings. The second-order valence-corrected chi connectivity index (χ2v) is 9.49. The van der Waals surface area contributed by atoms with Crippen LogP contribution in [0.2, 0.25) is 0 Å². The van der Waals surface area contributed by atoms with Crippen molar-refractivity contribution in [2.75, 3.05) is 40.0 Å². The van der Waals surface area contributed by atoms with Gasteiger partial charge in [0.15, 0.2) is 0 Å². The maximum Gasteiger partial charge on any atom is 0.281 e. The maximum atomic E-state index is 13.5. The van der Waals surface area contributed by atoms with Gasteiger partial charge in [0.1, 0.15) is 0 Å². The van der Waals surface area contributed by atoms with Crippen molar-refractivity contribution in [3.63, 3.8) is 0 Å². The van der Waals surface area contributed by atoms with Gasteiger partial charge in [-0.15, -0.1) is 0 Å². The summed E-state index contributed by atoms with van der Waals surface area (Å²) in [6.07, 6.45) is 10.3. The van der Waals surface area contributed by atoms with Crippen molar-refractivity contribution >= 4 is 23.1 Å². The number of aromatic nitrogens is 2. The molecule has 0 radical (unpaired) electrons. The molecule has 1 aliphatic carbocycles. The molecule has 0 N–H and O–H groups in total. The molecule has 1 aromatic rings. The molecule has 176 valence electrons. The first kappa shape index (κ1) is 22.2. The normalized spacial score (nSPS) is 24.1. The predicted octanol–water partition coefficient (Wildman–Crippen LogP) is 3.06. The largest absolute Gasteiger partial charge is 0.385 e. The SMILES string of the molecule is COCCC1CCN(C(=O)C2C=C3C(=NC(=O)c4cnn(C5CCOCC5)c43)C=C2C)CC1. The number of allylic oxidation sites excluding steroid dienone is 2. The fourth-order valence-electron chi connectivity index (χ4n) is 5.41. The van der Waals surface area contributed by atoms with Crippen LogP contribution in [0.15, 0.2) is 28.9 Å². The average Bonchev–Trinajstić information content (AvgIpc) is 3.29. The summed E-state index contributed by atoms with van der Waals surface area (Å²) in [6.45, 7) is 5.68. The quantitative estimate of drug-likeness (QED) is 0.685. The van der Waals surface area contributed by atoms with Gasteiger partial charge in [0.05, 0.1) is 35.1 Å². The Balaban J connectivity index is 1.40. The van der Waals surface area contributed by atoms with Crippen LogP contribution in [0.25, 0.3) is 5.57 Å². The van der Waals surface area contributed by atoms with Gasteiger partial charge in [-0.3, -0.25) is 14.3 Å². The van der Waals surface area contributed by atoms with Gasteiger partial charge in [-0.25, -0.2) is 4.99 Å². The van der Waals surface area contributed by atoms with E-state index >= 15 is 0 Å². The molecule has 3 aliphatic heterocycles. The summed E-state index contributed by atoms with van der Waals surface area (Å²) >= 11 is 0. The lowest BCUT2D eigenvalue weighted by Crippen LogP contribution is -2.42. The Morgan fingerprint density at radius 3 is 2.70 bits per heavy atom. The zero-order valence-corrected chi connectivity index (χ0v) is 19.5. The Morgan fingerprint density at radius 2 is 1.97 bits per heavy atom. The molecule has 1 aromatic heterocycles. The first-order valence-electron chi connectivity index (χ1n) is 12.0. The second-order valence-electron chi connectivity index (χ2n) is 9.49. The molecule has 2 saturated heterocycles. The molecule has 0 aromatic carbocycles. The number of ether oxygens (including phenoxy) is 2. The molecule has 2 amide bonds. The number of hydrogen-bond acceptors (Lipinski definition) is 5. The van der Waals surface area contributed by atoms with Gasteiger partial charge in [0.25, 0.3) is 5.91 Å². The first-order chi connectivity index (χ1) is 16.1. The topological polar surface area (TPSA) is 86.0 Å². The Kier molecular flexibility index (Phi) is 6.29. The van der Waals surface area contributed by atoms with Gasteiger partial charge in [0.2, 0.25) is 5.91 Å². The third-order valence-electron chi connectivity index (χ3n) is 7.43. The van der Waals surface area contributed by atoms with Crippen LogP contribution in [0.4, 0.5) is 0 Å². The van der Waals surface area contributed by atoms with Crippen LogP contribution in [-0.4, -0.2) is 72.2 Å². The van der Waals surface area contributed by atoms with Crippen molar-refractivity contribution in [1.29, 1.82) is 0 Å². The summed E-state index contributed by atoms with van der Waals surface area (Å²) in [7, 11) is 1.74. The lowest BCUT2D eigenvalue weighted by molar-refractivity contribution is -0.134. The van der Waals surface area contributed by atoms with E-state index in [4.69, 9.17) is 9.47 Å². The number of carbonyl (C=O) groups is 2. The number of methoxy groups -OCH3 is 1. The number of piperidine rings is 1. The van der Waals surface area contributed by atoms with Crippen LogP contribution in [0.3, 0.4) is 0 Å². The van der Waals surface area contributed by atoms with Crippen molar-refractivity contribution in [3.05, 3.63) is 35.2 Å². The standard InChI is InChI=1S/C25H32N4O4/c1-16-13-22-20(14-19(16)25(31)28-8-3-17(4-9-28)5-10-32-2)23-21(24(30)27-22)15-26-29(23)18-6-11-33-12-7-18/h13-15,17-19H,3-12H2,1-2H3. The van der Waals surface area contributed by atoms with Crippen molar-refractivity contribution < 1.29 is 19.1 Å². The lowest BCUT2D eigenvalue weighted by Gasteiger charge is -2.35. The van der Waals surface area contributed by atoms with Crippen LogP contribution < -0.4 is 0 Å².